The van der Waals surface area contributed by atoms with E-state index in [1.54, 1.807) is 0 Å². The smallest absolute Gasteiger partial charge is 0.160 e. The number of halogens is 1. The van der Waals surface area contributed by atoms with E-state index >= 15 is 0 Å². The molecule has 0 unspecified atom stereocenters. The minimum atomic E-state index is 0. The van der Waals surface area contributed by atoms with Gasteiger partial charge < -0.3 is 14.3 Å². The average molecular weight is 396 g/mol. The minimum Gasteiger partial charge on any atom is -0.378 e. The molecular weight excluding hydrogens is 370 g/mol. The highest BCUT2D eigenvalue weighted by atomic mass is 35.5. The molecule has 28 heavy (non-hydrogen) atoms. The van der Waals surface area contributed by atoms with Crippen LogP contribution in [0.5, 0.6) is 0 Å². The van der Waals surface area contributed by atoms with E-state index in [-0.39, 0.29) is 12.4 Å². The van der Waals surface area contributed by atoms with E-state index in [4.69, 9.17) is 4.98 Å². The third kappa shape index (κ3) is 3.38. The van der Waals surface area contributed by atoms with Crippen LogP contribution in [0.4, 0.5) is 5.69 Å². The van der Waals surface area contributed by atoms with Gasteiger partial charge in [-0.2, -0.15) is 0 Å². The number of nitrogens with one attached hydrogen (secondary N) is 1. The van der Waals surface area contributed by atoms with Crippen molar-refractivity contribution < 1.29 is 0 Å². The highest BCUT2D eigenvalue weighted by molar-refractivity contribution is 5.85. The number of fused-ring (bicyclic) bond motifs is 1. The third-order valence-corrected chi connectivity index (χ3v) is 5.39. The van der Waals surface area contributed by atoms with Gasteiger partial charge in [0, 0.05) is 30.8 Å². The Morgan fingerprint density at radius 3 is 2.39 bits per heavy atom. The molecular formula is C22H26ClN5. The molecule has 0 fully saturated rings. The number of hydrogen-bond donors (Lipinski definition) is 1. The molecule has 0 atom stereocenters. The van der Waals surface area contributed by atoms with Gasteiger partial charge in [0.2, 0.25) is 0 Å². The number of rotatable bonds is 4. The van der Waals surface area contributed by atoms with Crippen molar-refractivity contribution in [2.75, 3.05) is 5.32 Å². The Hall–Kier alpha value is -2.79. The predicted octanol–water partition coefficient (Wildman–Crippen LogP) is 5.10. The van der Waals surface area contributed by atoms with Gasteiger partial charge in [-0.3, -0.25) is 0 Å². The standard InChI is InChI=1S/C22H25N5.ClH/c1-14-7-6-8-15(2)20(14)12-24-21-11-19(26-10-9-23-18(26)5)13-27-17(4)16(3)25-22(21)27;/h6-11,13,24H,12H2,1-5H3;1H. The fraction of sp³-hybridized carbons (Fsp3) is 0.273. The lowest BCUT2D eigenvalue weighted by atomic mass is 10.0. The molecule has 3 heterocycles. The zero-order chi connectivity index (χ0) is 19.1. The first-order chi connectivity index (χ1) is 13.0. The molecule has 0 bridgehead atoms. The number of hydrogen-bond acceptors (Lipinski definition) is 3. The van der Waals surface area contributed by atoms with Crippen molar-refractivity contribution in [1.82, 2.24) is 18.9 Å². The molecule has 0 saturated carbocycles. The van der Waals surface area contributed by atoms with Crippen molar-refractivity contribution in [3.8, 4) is 5.69 Å². The summed E-state index contributed by atoms with van der Waals surface area (Å²) in [5.41, 5.74) is 9.19. The Balaban J connectivity index is 0.00000225. The number of aryl methyl sites for hydroxylation is 5. The summed E-state index contributed by atoms with van der Waals surface area (Å²) in [7, 11) is 0. The largest absolute Gasteiger partial charge is 0.378 e. The molecule has 0 aliphatic rings. The minimum absolute atomic E-state index is 0. The van der Waals surface area contributed by atoms with E-state index in [0.717, 1.165) is 40.8 Å². The maximum absolute atomic E-state index is 4.79. The van der Waals surface area contributed by atoms with Crippen molar-refractivity contribution in [3.05, 3.63) is 76.8 Å². The zero-order valence-electron chi connectivity index (χ0n) is 16.9. The van der Waals surface area contributed by atoms with Gasteiger partial charge >= 0.3 is 0 Å². The normalized spacial score (nSPS) is 10.9. The molecule has 0 spiro atoms. The van der Waals surface area contributed by atoms with Crippen LogP contribution in [0.1, 0.15) is 33.9 Å². The fourth-order valence-corrected chi connectivity index (χ4v) is 3.58. The lowest BCUT2D eigenvalue weighted by Gasteiger charge is -2.15. The number of nitrogens with zero attached hydrogens (tertiary/aromatic N) is 4. The van der Waals surface area contributed by atoms with Crippen LogP contribution in [-0.4, -0.2) is 18.9 Å². The number of aromatic nitrogens is 4. The summed E-state index contributed by atoms with van der Waals surface area (Å²) in [4.78, 5) is 9.16. The monoisotopic (exact) mass is 395 g/mol. The van der Waals surface area contributed by atoms with E-state index in [2.05, 4.69) is 77.4 Å². The van der Waals surface area contributed by atoms with Gasteiger partial charge in [-0.25, -0.2) is 9.97 Å². The van der Waals surface area contributed by atoms with E-state index in [9.17, 15) is 0 Å². The Morgan fingerprint density at radius 1 is 1.04 bits per heavy atom. The second-order valence-electron chi connectivity index (χ2n) is 7.16. The molecule has 3 aromatic heterocycles. The van der Waals surface area contributed by atoms with Crippen molar-refractivity contribution in [2.24, 2.45) is 0 Å². The van der Waals surface area contributed by atoms with Crippen LogP contribution >= 0.6 is 12.4 Å². The van der Waals surface area contributed by atoms with E-state index in [0.29, 0.717) is 0 Å². The van der Waals surface area contributed by atoms with Crippen molar-refractivity contribution in [3.63, 3.8) is 0 Å². The second kappa shape index (κ2) is 7.68. The molecule has 146 valence electrons. The molecule has 4 rings (SSSR count). The number of anilines is 1. The van der Waals surface area contributed by atoms with Crippen LogP contribution in [0.15, 0.2) is 42.9 Å². The lowest BCUT2D eigenvalue weighted by molar-refractivity contribution is 0.950. The summed E-state index contributed by atoms with van der Waals surface area (Å²) in [5.74, 6) is 0.963. The second-order valence-corrected chi connectivity index (χ2v) is 7.16. The average Bonchev–Trinajstić information content (AvgIpc) is 3.18. The van der Waals surface area contributed by atoms with E-state index in [1.807, 2.05) is 19.3 Å². The maximum Gasteiger partial charge on any atom is 0.160 e. The molecule has 6 heteroatoms. The van der Waals surface area contributed by atoms with Crippen LogP contribution in [-0.2, 0) is 6.54 Å². The van der Waals surface area contributed by atoms with E-state index < -0.39 is 0 Å². The van der Waals surface area contributed by atoms with Crippen molar-refractivity contribution in [2.45, 2.75) is 41.2 Å². The molecule has 0 aliphatic heterocycles. The Bertz CT molecular complexity index is 1120. The summed E-state index contributed by atoms with van der Waals surface area (Å²) in [6.45, 7) is 11.3. The molecule has 4 aromatic rings. The molecule has 5 nitrogen and oxygen atoms in total. The first kappa shape index (κ1) is 20.0. The highest BCUT2D eigenvalue weighted by Gasteiger charge is 2.13. The van der Waals surface area contributed by atoms with Gasteiger partial charge in [0.15, 0.2) is 5.65 Å². The van der Waals surface area contributed by atoms with Gasteiger partial charge in [0.25, 0.3) is 0 Å². The van der Waals surface area contributed by atoms with Crippen LogP contribution in [0.25, 0.3) is 11.3 Å². The van der Waals surface area contributed by atoms with Gasteiger partial charge in [-0.15, -0.1) is 12.4 Å². The Labute approximate surface area is 171 Å². The lowest BCUT2D eigenvalue weighted by Crippen LogP contribution is -2.07. The van der Waals surface area contributed by atoms with Crippen LogP contribution in [0.3, 0.4) is 0 Å². The van der Waals surface area contributed by atoms with Crippen molar-refractivity contribution in [1.29, 1.82) is 0 Å². The maximum atomic E-state index is 4.79. The zero-order valence-corrected chi connectivity index (χ0v) is 17.8. The SMILES string of the molecule is Cc1cccc(C)c1CNc1cc(-n2ccnc2C)cn2c(C)c(C)nc12.Cl. The Morgan fingerprint density at radius 2 is 1.75 bits per heavy atom. The van der Waals surface area contributed by atoms with Crippen LogP contribution in [0, 0.1) is 34.6 Å². The number of pyridine rings is 1. The number of benzene rings is 1. The Kier molecular flexibility index (Phi) is 5.47. The topological polar surface area (TPSA) is 47.2 Å². The van der Waals surface area contributed by atoms with Gasteiger partial charge in [0.05, 0.1) is 17.1 Å². The van der Waals surface area contributed by atoms with Crippen LogP contribution < -0.4 is 5.32 Å². The quantitative estimate of drug-likeness (QED) is 0.523. The molecule has 1 aromatic carbocycles. The molecule has 0 aliphatic carbocycles. The first-order valence-electron chi connectivity index (χ1n) is 9.24. The highest BCUT2D eigenvalue weighted by Crippen LogP contribution is 2.25. The first-order valence-corrected chi connectivity index (χ1v) is 9.24. The van der Waals surface area contributed by atoms with E-state index in [1.165, 1.54) is 16.7 Å². The molecule has 1 N–H and O–H groups in total. The number of imidazole rings is 2. The summed E-state index contributed by atoms with van der Waals surface area (Å²) in [6.07, 6.45) is 5.95. The fourth-order valence-electron chi connectivity index (χ4n) is 3.58. The summed E-state index contributed by atoms with van der Waals surface area (Å²) < 4.78 is 4.26. The summed E-state index contributed by atoms with van der Waals surface area (Å²) >= 11 is 0. The molecule has 0 amide bonds. The third-order valence-electron chi connectivity index (χ3n) is 5.39. The molecule has 0 saturated heterocycles. The van der Waals surface area contributed by atoms with Gasteiger partial charge in [0.1, 0.15) is 5.82 Å². The van der Waals surface area contributed by atoms with Gasteiger partial charge in [-0.1, -0.05) is 18.2 Å². The van der Waals surface area contributed by atoms with Gasteiger partial charge in [-0.05, 0) is 57.4 Å². The van der Waals surface area contributed by atoms with Crippen molar-refractivity contribution >= 4 is 23.7 Å². The molecule has 0 radical (unpaired) electrons. The van der Waals surface area contributed by atoms with Crippen LogP contribution in [0.2, 0.25) is 0 Å². The summed E-state index contributed by atoms with van der Waals surface area (Å²) in [5, 5.41) is 3.63. The summed E-state index contributed by atoms with van der Waals surface area (Å²) in [6, 6.07) is 8.59. The predicted molar refractivity (Wildman–Crippen MR) is 117 cm³/mol.